The van der Waals surface area contributed by atoms with Gasteiger partial charge in [0, 0.05) is 42.5 Å². The Balaban J connectivity index is 1.44. The number of benzene rings is 1. The van der Waals surface area contributed by atoms with Gasteiger partial charge in [0.05, 0.1) is 10.6 Å². The predicted molar refractivity (Wildman–Crippen MR) is 98.0 cm³/mol. The van der Waals surface area contributed by atoms with Gasteiger partial charge in [0.1, 0.15) is 12.4 Å². The first-order chi connectivity index (χ1) is 14.3. The Labute approximate surface area is 171 Å². The van der Waals surface area contributed by atoms with E-state index in [4.69, 9.17) is 21.1 Å². The highest BCUT2D eigenvalue weighted by molar-refractivity contribution is 6.31. The number of nitrogens with zero attached hydrogens (tertiary/aromatic N) is 4. The summed E-state index contributed by atoms with van der Waals surface area (Å²) in [6, 6.07) is 5.50. The number of aromatic nitrogens is 4. The molecule has 4 rings (SSSR count). The van der Waals surface area contributed by atoms with Gasteiger partial charge in [-0.15, -0.1) is 0 Å². The average Bonchev–Trinajstić information content (AvgIpc) is 3.15. The molecule has 1 aromatic carbocycles. The summed E-state index contributed by atoms with van der Waals surface area (Å²) in [7, 11) is 0. The Morgan fingerprint density at radius 3 is 2.63 bits per heavy atom. The van der Waals surface area contributed by atoms with Gasteiger partial charge in [-0.25, -0.2) is 14.4 Å². The summed E-state index contributed by atoms with van der Waals surface area (Å²) in [5, 5.41) is -0.563. The Hall–Kier alpha value is -3.40. The number of imidazole rings is 1. The van der Waals surface area contributed by atoms with Crippen LogP contribution < -0.4 is 9.47 Å². The Bertz CT molecular complexity index is 1210. The second-order valence-corrected chi connectivity index (χ2v) is 6.47. The molecule has 0 spiro atoms. The van der Waals surface area contributed by atoms with Gasteiger partial charge in [0.2, 0.25) is 11.7 Å². The summed E-state index contributed by atoms with van der Waals surface area (Å²) < 4.78 is 65.0. The molecule has 3 aromatic heterocycles. The average molecular weight is 439 g/mol. The number of hydrogen-bond donors (Lipinski definition) is 0. The fraction of sp³-hybridized carbons (Fsp3) is 0.105. The van der Waals surface area contributed by atoms with Crippen LogP contribution in [0.5, 0.6) is 17.5 Å². The van der Waals surface area contributed by atoms with E-state index in [1.165, 1.54) is 6.20 Å². The van der Waals surface area contributed by atoms with E-state index in [1.54, 1.807) is 29.1 Å². The molecule has 3 heterocycles. The molecule has 154 valence electrons. The van der Waals surface area contributed by atoms with Crippen LogP contribution in [0, 0.1) is 5.82 Å². The van der Waals surface area contributed by atoms with Gasteiger partial charge in [-0.05, 0) is 18.2 Å². The monoisotopic (exact) mass is 438 g/mol. The van der Waals surface area contributed by atoms with Crippen LogP contribution in [0.1, 0.15) is 11.1 Å². The lowest BCUT2D eigenvalue weighted by Crippen LogP contribution is -2.05. The van der Waals surface area contributed by atoms with Gasteiger partial charge in [-0.2, -0.15) is 18.2 Å². The maximum absolute atomic E-state index is 14.3. The van der Waals surface area contributed by atoms with E-state index in [1.807, 2.05) is 0 Å². The van der Waals surface area contributed by atoms with Gasteiger partial charge in [0.15, 0.2) is 5.82 Å². The number of rotatable bonds is 5. The molecular weight excluding hydrogens is 428 g/mol. The lowest BCUT2D eigenvalue weighted by molar-refractivity contribution is -0.137. The molecule has 0 saturated heterocycles. The van der Waals surface area contributed by atoms with Crippen molar-refractivity contribution in [1.82, 2.24) is 19.4 Å². The normalized spacial score (nSPS) is 11.6. The zero-order valence-electron chi connectivity index (χ0n) is 14.9. The maximum Gasteiger partial charge on any atom is 0.417 e. The van der Waals surface area contributed by atoms with E-state index in [2.05, 4.69) is 15.0 Å². The van der Waals surface area contributed by atoms with Gasteiger partial charge in [-0.1, -0.05) is 11.6 Å². The van der Waals surface area contributed by atoms with E-state index in [9.17, 15) is 17.6 Å². The molecule has 0 aliphatic rings. The topological polar surface area (TPSA) is 61.5 Å². The molecule has 0 fully saturated rings. The third-order valence-electron chi connectivity index (χ3n) is 3.95. The third-order valence-corrected chi connectivity index (χ3v) is 4.26. The fourth-order valence-corrected chi connectivity index (χ4v) is 2.82. The molecule has 6 nitrogen and oxygen atoms in total. The molecule has 0 aliphatic carbocycles. The largest absolute Gasteiger partial charge is 0.473 e. The molecule has 4 aromatic rings. The molecule has 0 N–H and O–H groups in total. The van der Waals surface area contributed by atoms with Crippen LogP contribution in [-0.2, 0) is 12.8 Å². The highest BCUT2D eigenvalue weighted by Gasteiger charge is 2.33. The predicted octanol–water partition coefficient (Wildman–Crippen LogP) is 5.31. The van der Waals surface area contributed by atoms with Crippen molar-refractivity contribution in [3.05, 3.63) is 77.1 Å². The molecule has 0 radical (unpaired) electrons. The van der Waals surface area contributed by atoms with Gasteiger partial charge in [0.25, 0.3) is 5.88 Å². The molecule has 0 saturated carbocycles. The molecule has 0 bridgehead atoms. The van der Waals surface area contributed by atoms with Crippen molar-refractivity contribution in [1.29, 1.82) is 0 Å². The van der Waals surface area contributed by atoms with Gasteiger partial charge < -0.3 is 9.47 Å². The van der Waals surface area contributed by atoms with Crippen LogP contribution in [0.15, 0.2) is 55.1 Å². The maximum atomic E-state index is 14.3. The molecule has 11 heteroatoms. The number of ether oxygens (including phenoxy) is 2. The minimum absolute atomic E-state index is 0.0137. The van der Waals surface area contributed by atoms with E-state index in [0.29, 0.717) is 17.2 Å². The van der Waals surface area contributed by atoms with Crippen LogP contribution in [0.4, 0.5) is 17.6 Å². The standard InChI is InChI=1S/C19H11ClF4N4O2/c20-14-8-12(1-2-13(14)19(22,23)24)30-17-15(21)7-11(9-26-17)10-29-16-3-5-28-6-4-25-18(28)27-16/h1-9H,10H2. The Morgan fingerprint density at radius 2 is 1.90 bits per heavy atom. The second-order valence-electron chi connectivity index (χ2n) is 6.06. The number of alkyl halides is 3. The molecule has 0 aliphatic heterocycles. The van der Waals surface area contributed by atoms with E-state index >= 15 is 0 Å². The minimum atomic E-state index is -4.60. The molecule has 0 unspecified atom stereocenters. The summed E-state index contributed by atoms with van der Waals surface area (Å²) in [5.41, 5.74) is -0.616. The SMILES string of the molecule is Fc1cc(COc2ccn3ccnc3n2)cnc1Oc1ccc(C(F)(F)F)c(Cl)c1. The summed E-state index contributed by atoms with van der Waals surface area (Å²) in [6.07, 6.45) is 1.76. The first-order valence-electron chi connectivity index (χ1n) is 8.41. The van der Waals surface area contributed by atoms with Crippen molar-refractivity contribution in [3.8, 4) is 17.5 Å². The minimum Gasteiger partial charge on any atom is -0.473 e. The zero-order valence-corrected chi connectivity index (χ0v) is 15.7. The Kier molecular flexibility index (Phi) is 5.17. The van der Waals surface area contributed by atoms with E-state index in [-0.39, 0.29) is 12.4 Å². The number of hydrogen-bond acceptors (Lipinski definition) is 5. The molecular formula is C19H11ClF4N4O2. The number of halogens is 5. The zero-order chi connectivity index (χ0) is 21.3. The highest BCUT2D eigenvalue weighted by Crippen LogP contribution is 2.37. The molecule has 0 atom stereocenters. The smallest absolute Gasteiger partial charge is 0.417 e. The fourth-order valence-electron chi connectivity index (χ4n) is 2.55. The quantitative estimate of drug-likeness (QED) is 0.395. The Morgan fingerprint density at radius 1 is 1.07 bits per heavy atom. The first-order valence-corrected chi connectivity index (χ1v) is 8.79. The van der Waals surface area contributed by atoms with Crippen LogP contribution in [0.2, 0.25) is 5.02 Å². The first kappa shape index (κ1) is 19.9. The summed E-state index contributed by atoms with van der Waals surface area (Å²) in [5.74, 6) is -0.555. The van der Waals surface area contributed by atoms with Crippen LogP contribution >= 0.6 is 11.6 Å². The second kappa shape index (κ2) is 7.79. The molecule has 0 amide bonds. The number of pyridine rings is 1. The van der Waals surface area contributed by atoms with Crippen molar-refractivity contribution in [2.75, 3.05) is 0 Å². The van der Waals surface area contributed by atoms with Crippen LogP contribution in [0.3, 0.4) is 0 Å². The summed E-state index contributed by atoms with van der Waals surface area (Å²) in [6.45, 7) is -0.0137. The van der Waals surface area contributed by atoms with Crippen molar-refractivity contribution >= 4 is 17.4 Å². The highest BCUT2D eigenvalue weighted by atomic mass is 35.5. The lowest BCUT2D eigenvalue weighted by Gasteiger charge is -2.11. The van der Waals surface area contributed by atoms with E-state index < -0.39 is 28.5 Å². The lowest BCUT2D eigenvalue weighted by atomic mass is 10.2. The van der Waals surface area contributed by atoms with Crippen molar-refractivity contribution in [2.45, 2.75) is 12.8 Å². The van der Waals surface area contributed by atoms with Gasteiger partial charge >= 0.3 is 6.18 Å². The van der Waals surface area contributed by atoms with E-state index in [0.717, 1.165) is 24.3 Å². The third kappa shape index (κ3) is 4.28. The summed E-state index contributed by atoms with van der Waals surface area (Å²) in [4.78, 5) is 12.1. The van der Waals surface area contributed by atoms with Crippen molar-refractivity contribution < 1.29 is 27.0 Å². The summed E-state index contributed by atoms with van der Waals surface area (Å²) >= 11 is 5.63. The van der Waals surface area contributed by atoms with Gasteiger partial charge in [-0.3, -0.25) is 4.40 Å². The molecule has 30 heavy (non-hydrogen) atoms. The van der Waals surface area contributed by atoms with Crippen LogP contribution in [0.25, 0.3) is 5.78 Å². The van der Waals surface area contributed by atoms with Crippen molar-refractivity contribution in [3.63, 3.8) is 0 Å². The number of fused-ring (bicyclic) bond motifs is 1. The van der Waals surface area contributed by atoms with Crippen molar-refractivity contribution in [2.24, 2.45) is 0 Å². The van der Waals surface area contributed by atoms with Crippen LogP contribution in [-0.4, -0.2) is 19.4 Å².